The quantitative estimate of drug-likeness (QED) is 0.233. The Bertz CT molecular complexity index is 1350. The molecule has 0 aliphatic carbocycles. The molecule has 35 heavy (non-hydrogen) atoms. The van der Waals surface area contributed by atoms with Crippen LogP contribution < -0.4 is 5.32 Å². The Hall–Kier alpha value is -4.00. The minimum atomic E-state index is -0.476. The molecule has 0 saturated carbocycles. The van der Waals surface area contributed by atoms with E-state index in [9.17, 15) is 19.3 Å². The summed E-state index contributed by atoms with van der Waals surface area (Å²) in [7, 11) is 0. The molecular weight excluding hydrogens is 445 g/mol. The summed E-state index contributed by atoms with van der Waals surface area (Å²) in [6, 6.07) is 20.9. The predicted molar refractivity (Wildman–Crippen MR) is 135 cm³/mol. The number of benzene rings is 3. The molecule has 0 bridgehead atoms. The van der Waals surface area contributed by atoms with Gasteiger partial charge >= 0.3 is 0 Å². The summed E-state index contributed by atoms with van der Waals surface area (Å²) in [5.74, 6) is -1.02. The second-order valence-electron chi connectivity index (χ2n) is 8.85. The van der Waals surface area contributed by atoms with Crippen molar-refractivity contribution in [1.82, 2.24) is 9.88 Å². The highest BCUT2D eigenvalue weighted by atomic mass is 19.1. The molecule has 3 aromatic carbocycles. The molecule has 0 spiro atoms. The fourth-order valence-electron chi connectivity index (χ4n) is 4.37. The molecule has 0 radical (unpaired) electrons. The van der Waals surface area contributed by atoms with Crippen LogP contribution >= 0.6 is 0 Å². The number of halogens is 1. The summed E-state index contributed by atoms with van der Waals surface area (Å²) in [6.07, 6.45) is 2.83. The van der Waals surface area contributed by atoms with Crippen LogP contribution in [0, 0.1) is 15.9 Å². The third-order valence-electron chi connectivity index (χ3n) is 6.34. The lowest BCUT2D eigenvalue weighted by Gasteiger charge is -2.19. The van der Waals surface area contributed by atoms with Crippen LogP contribution in [0.1, 0.15) is 49.3 Å². The average molecular weight is 474 g/mol. The van der Waals surface area contributed by atoms with E-state index in [1.807, 2.05) is 54.9 Å². The zero-order valence-electron chi connectivity index (χ0n) is 19.8. The summed E-state index contributed by atoms with van der Waals surface area (Å²) >= 11 is 0. The Balaban J connectivity index is 1.86. The van der Waals surface area contributed by atoms with E-state index in [1.54, 1.807) is 24.3 Å². The number of nitrogens with one attached hydrogen (secondary N) is 1. The molecule has 0 aliphatic rings. The van der Waals surface area contributed by atoms with Crippen molar-refractivity contribution in [3.05, 3.63) is 112 Å². The number of hydrogen-bond donors (Lipinski definition) is 1. The summed E-state index contributed by atoms with van der Waals surface area (Å²) in [4.78, 5) is 24.1. The van der Waals surface area contributed by atoms with Crippen LogP contribution in [0.3, 0.4) is 0 Å². The molecule has 1 amide bonds. The second-order valence-corrected chi connectivity index (χ2v) is 8.85. The minimum Gasteiger partial charge on any atom is -0.354 e. The molecule has 1 N–H and O–H groups in total. The molecule has 180 valence electrons. The summed E-state index contributed by atoms with van der Waals surface area (Å²) in [5.41, 5.74) is 3.27. The standard InChI is InChI=1S/C28H28FN3O3/c1-3-19(2)30-28(33)16-24(21-10-7-11-22(29)14-21)26-18-31(17-20-8-5-4-6-9-20)27-13-12-23(32(34)35)15-25(26)27/h4-15,18-19,24H,3,16-17H2,1-2H3,(H,30,33)/t19-,24+/m0/s1. The number of aromatic nitrogens is 1. The number of nitrogens with zero attached hydrogens (tertiary/aromatic N) is 2. The fraction of sp³-hybridized carbons (Fsp3) is 0.250. The van der Waals surface area contributed by atoms with Crippen molar-refractivity contribution >= 4 is 22.5 Å². The minimum absolute atomic E-state index is 0.0103. The first-order valence-electron chi connectivity index (χ1n) is 11.7. The number of hydrogen-bond acceptors (Lipinski definition) is 3. The molecule has 0 aliphatic heterocycles. The molecule has 6 nitrogen and oxygen atoms in total. The first kappa shape index (κ1) is 24.1. The Kier molecular flexibility index (Phi) is 7.25. The first-order valence-corrected chi connectivity index (χ1v) is 11.7. The van der Waals surface area contributed by atoms with Crippen LogP contribution in [0.15, 0.2) is 79.0 Å². The molecule has 1 aromatic heterocycles. The van der Waals surface area contributed by atoms with Crippen LogP contribution in [-0.4, -0.2) is 21.4 Å². The molecule has 1 heterocycles. The van der Waals surface area contributed by atoms with Crippen LogP contribution in [0.2, 0.25) is 0 Å². The van der Waals surface area contributed by atoms with E-state index >= 15 is 0 Å². The van der Waals surface area contributed by atoms with Crippen molar-refractivity contribution in [2.45, 2.75) is 45.2 Å². The molecule has 4 rings (SSSR count). The van der Waals surface area contributed by atoms with Crippen molar-refractivity contribution in [3.8, 4) is 0 Å². The van der Waals surface area contributed by atoms with Gasteiger partial charge in [-0.3, -0.25) is 14.9 Å². The number of non-ortho nitro benzene ring substituents is 1. The highest BCUT2D eigenvalue weighted by molar-refractivity contribution is 5.88. The van der Waals surface area contributed by atoms with Crippen molar-refractivity contribution < 1.29 is 14.1 Å². The topological polar surface area (TPSA) is 77.2 Å². The lowest BCUT2D eigenvalue weighted by Crippen LogP contribution is -2.33. The molecule has 0 fully saturated rings. The Morgan fingerprint density at radius 1 is 1.09 bits per heavy atom. The summed E-state index contributed by atoms with van der Waals surface area (Å²) in [6.45, 7) is 4.49. The third-order valence-corrected chi connectivity index (χ3v) is 6.34. The van der Waals surface area contributed by atoms with Gasteiger partial charge < -0.3 is 9.88 Å². The largest absolute Gasteiger partial charge is 0.354 e. The molecule has 4 aromatic rings. The van der Waals surface area contributed by atoms with Gasteiger partial charge in [-0.25, -0.2) is 4.39 Å². The number of rotatable bonds is 9. The van der Waals surface area contributed by atoms with Crippen molar-refractivity contribution in [1.29, 1.82) is 0 Å². The molecule has 7 heteroatoms. The van der Waals surface area contributed by atoms with Gasteiger partial charge in [0.05, 0.1) is 4.92 Å². The highest BCUT2D eigenvalue weighted by Gasteiger charge is 2.25. The number of amides is 1. The molecule has 0 saturated heterocycles. The fourth-order valence-corrected chi connectivity index (χ4v) is 4.37. The number of fused-ring (bicyclic) bond motifs is 1. The lowest BCUT2D eigenvalue weighted by molar-refractivity contribution is -0.384. The maximum Gasteiger partial charge on any atom is 0.270 e. The van der Waals surface area contributed by atoms with E-state index in [0.29, 0.717) is 17.5 Å². The summed E-state index contributed by atoms with van der Waals surface area (Å²) in [5, 5.41) is 15.2. The maximum atomic E-state index is 14.2. The van der Waals surface area contributed by atoms with Crippen LogP contribution in [-0.2, 0) is 11.3 Å². The van der Waals surface area contributed by atoms with Crippen molar-refractivity contribution in [3.63, 3.8) is 0 Å². The smallest absolute Gasteiger partial charge is 0.270 e. The van der Waals surface area contributed by atoms with Gasteiger partial charge in [0, 0.05) is 54.2 Å². The SMILES string of the molecule is CC[C@H](C)NC(=O)C[C@H](c1cccc(F)c1)c1cn(Cc2ccccc2)c2ccc([N+](=O)[O-])cc12. The van der Waals surface area contributed by atoms with Gasteiger partial charge in [0.15, 0.2) is 0 Å². The van der Waals surface area contributed by atoms with Gasteiger partial charge in [-0.05, 0) is 48.2 Å². The normalized spacial score (nSPS) is 12.9. The predicted octanol–water partition coefficient (Wildman–Crippen LogP) is 6.17. The maximum absolute atomic E-state index is 14.2. The van der Waals surface area contributed by atoms with E-state index in [1.165, 1.54) is 18.2 Å². The van der Waals surface area contributed by atoms with Crippen LogP contribution in [0.25, 0.3) is 10.9 Å². The van der Waals surface area contributed by atoms with Gasteiger partial charge in [-0.2, -0.15) is 0 Å². The molecular formula is C28H28FN3O3. The van der Waals surface area contributed by atoms with E-state index in [2.05, 4.69) is 5.32 Å². The first-order chi connectivity index (χ1) is 16.9. The Labute approximate surface area is 203 Å². The highest BCUT2D eigenvalue weighted by Crippen LogP contribution is 2.37. The average Bonchev–Trinajstić information content (AvgIpc) is 3.20. The number of nitro benzene ring substituents is 1. The number of nitro groups is 1. The van der Waals surface area contributed by atoms with E-state index in [0.717, 1.165) is 23.1 Å². The van der Waals surface area contributed by atoms with Crippen molar-refractivity contribution in [2.24, 2.45) is 0 Å². The zero-order valence-corrected chi connectivity index (χ0v) is 19.8. The van der Waals surface area contributed by atoms with E-state index < -0.39 is 16.7 Å². The second kappa shape index (κ2) is 10.5. The third kappa shape index (κ3) is 5.57. The number of carbonyl (C=O) groups excluding carboxylic acids is 1. The monoisotopic (exact) mass is 473 g/mol. The van der Waals surface area contributed by atoms with Gasteiger partial charge in [0.25, 0.3) is 5.69 Å². The van der Waals surface area contributed by atoms with Gasteiger partial charge in [-0.15, -0.1) is 0 Å². The van der Waals surface area contributed by atoms with Crippen molar-refractivity contribution in [2.75, 3.05) is 0 Å². The Morgan fingerprint density at radius 2 is 1.86 bits per heavy atom. The lowest BCUT2D eigenvalue weighted by atomic mass is 9.87. The van der Waals surface area contributed by atoms with Crippen LogP contribution in [0.4, 0.5) is 10.1 Å². The van der Waals surface area contributed by atoms with Gasteiger partial charge in [0.2, 0.25) is 5.91 Å². The van der Waals surface area contributed by atoms with E-state index in [-0.39, 0.29) is 24.1 Å². The van der Waals surface area contributed by atoms with Gasteiger partial charge in [0.1, 0.15) is 5.82 Å². The zero-order chi connectivity index (χ0) is 24.9. The molecule has 0 unspecified atom stereocenters. The number of carbonyl (C=O) groups is 1. The van der Waals surface area contributed by atoms with Crippen LogP contribution in [0.5, 0.6) is 0 Å². The summed E-state index contributed by atoms with van der Waals surface area (Å²) < 4.78 is 16.3. The van der Waals surface area contributed by atoms with E-state index in [4.69, 9.17) is 0 Å². The van der Waals surface area contributed by atoms with Gasteiger partial charge in [-0.1, -0.05) is 49.4 Å². The molecule has 2 atom stereocenters. The Morgan fingerprint density at radius 3 is 2.54 bits per heavy atom.